The summed E-state index contributed by atoms with van der Waals surface area (Å²) in [5.41, 5.74) is 0. The van der Waals surface area contributed by atoms with Gasteiger partial charge in [0.25, 0.3) is 5.25 Å². The summed E-state index contributed by atoms with van der Waals surface area (Å²) in [5, 5.41) is 74.5. The van der Waals surface area contributed by atoms with Crippen molar-refractivity contribution in [3.05, 3.63) is 0 Å². The predicted octanol–water partition coefficient (Wildman–Crippen LogP) is -4.83. The summed E-state index contributed by atoms with van der Waals surface area (Å²) >= 11 is 5.99. The maximum absolute atomic E-state index is 10.1. The SMILES string of the molecule is OC[C@H]1OC(CO)(O[C@]2(Cl)O[C@H](CO)[C@@H](O)[C@H](O)C2O)[C@@H](O)[C@@H]1O. The van der Waals surface area contributed by atoms with Crippen molar-refractivity contribution in [2.75, 3.05) is 19.8 Å². The van der Waals surface area contributed by atoms with E-state index in [-0.39, 0.29) is 0 Å². The van der Waals surface area contributed by atoms with E-state index in [2.05, 4.69) is 0 Å². The first-order valence-electron chi connectivity index (χ1n) is 7.13. The van der Waals surface area contributed by atoms with Gasteiger partial charge in [-0.1, -0.05) is 11.6 Å². The highest BCUT2D eigenvalue weighted by molar-refractivity contribution is 6.22. The number of aliphatic hydroxyl groups excluding tert-OH is 8. The highest BCUT2D eigenvalue weighted by Gasteiger charge is 2.63. The summed E-state index contributed by atoms with van der Waals surface area (Å²) in [6.07, 6.45) is -11.9. The minimum Gasteiger partial charge on any atom is -0.394 e. The molecule has 0 aromatic carbocycles. The molecular weight excluding hydrogens is 356 g/mol. The number of alkyl halides is 1. The van der Waals surface area contributed by atoms with Gasteiger partial charge in [0.05, 0.1) is 13.2 Å². The summed E-state index contributed by atoms with van der Waals surface area (Å²) < 4.78 is 15.3. The first kappa shape index (κ1) is 20.2. The van der Waals surface area contributed by atoms with Crippen LogP contribution in [0.4, 0.5) is 0 Å². The zero-order valence-corrected chi connectivity index (χ0v) is 13.1. The number of halogens is 1. The van der Waals surface area contributed by atoms with Crippen LogP contribution < -0.4 is 0 Å². The number of rotatable bonds is 5. The third kappa shape index (κ3) is 3.16. The molecule has 2 fully saturated rings. The summed E-state index contributed by atoms with van der Waals surface area (Å²) in [6.45, 7) is -2.57. The lowest BCUT2D eigenvalue weighted by molar-refractivity contribution is -0.402. The second kappa shape index (κ2) is 7.23. The molecule has 12 heteroatoms. The van der Waals surface area contributed by atoms with Crippen LogP contribution in [-0.2, 0) is 14.2 Å². The van der Waals surface area contributed by atoms with E-state index in [4.69, 9.17) is 36.0 Å². The lowest BCUT2D eigenvalue weighted by Crippen LogP contribution is -2.67. The third-order valence-corrected chi connectivity index (χ3v) is 4.51. The fourth-order valence-electron chi connectivity index (χ4n) is 2.67. The van der Waals surface area contributed by atoms with Crippen LogP contribution in [0.2, 0.25) is 0 Å². The standard InChI is InChI=1S/C12H21ClO11/c13-12(10(21)8(19)6(17)4(1-14)23-12)24-11(3-16)9(20)7(18)5(2-15)22-11/h4-10,14-21H,1-3H2/t4-,5-,6-,7-,8+,9+,10?,11?,12-/m1/s1. The van der Waals surface area contributed by atoms with E-state index in [0.29, 0.717) is 0 Å². The summed E-state index contributed by atoms with van der Waals surface area (Å²) in [7, 11) is 0. The Hall–Kier alpha value is -0.150. The lowest BCUT2D eigenvalue weighted by atomic mass is 9.98. The minimum atomic E-state index is -2.64. The molecule has 2 rings (SSSR count). The molecule has 0 aromatic rings. The Balaban J connectivity index is 2.29. The number of hydrogen-bond acceptors (Lipinski definition) is 11. The molecule has 0 radical (unpaired) electrons. The molecule has 2 heterocycles. The van der Waals surface area contributed by atoms with E-state index in [1.54, 1.807) is 0 Å². The Kier molecular flexibility index (Phi) is 6.07. The molecule has 9 atom stereocenters. The van der Waals surface area contributed by atoms with E-state index in [9.17, 15) is 30.6 Å². The van der Waals surface area contributed by atoms with Crippen molar-refractivity contribution in [2.45, 2.75) is 53.8 Å². The molecule has 2 aliphatic rings. The molecule has 142 valence electrons. The van der Waals surface area contributed by atoms with Gasteiger partial charge in [0.1, 0.15) is 43.2 Å². The van der Waals surface area contributed by atoms with Gasteiger partial charge in [-0.25, -0.2) is 0 Å². The van der Waals surface area contributed by atoms with E-state index in [1.807, 2.05) is 0 Å². The second-order valence-electron chi connectivity index (χ2n) is 5.69. The van der Waals surface area contributed by atoms with Gasteiger partial charge in [0.2, 0.25) is 5.79 Å². The molecule has 0 bridgehead atoms. The maximum Gasteiger partial charge on any atom is 0.281 e. The molecule has 11 nitrogen and oxygen atoms in total. The smallest absolute Gasteiger partial charge is 0.281 e. The molecule has 2 unspecified atom stereocenters. The van der Waals surface area contributed by atoms with Gasteiger partial charge in [-0.2, -0.15) is 0 Å². The van der Waals surface area contributed by atoms with Gasteiger partial charge in [-0.05, 0) is 0 Å². The molecular formula is C12H21ClO11. The van der Waals surface area contributed by atoms with Crippen LogP contribution >= 0.6 is 11.6 Å². The third-order valence-electron chi connectivity index (χ3n) is 4.12. The minimum absolute atomic E-state index is 0.720. The molecule has 2 saturated heterocycles. The lowest BCUT2D eigenvalue weighted by Gasteiger charge is -2.47. The van der Waals surface area contributed by atoms with Crippen LogP contribution in [0.25, 0.3) is 0 Å². The Labute approximate surface area is 141 Å². The Morgan fingerprint density at radius 3 is 1.79 bits per heavy atom. The van der Waals surface area contributed by atoms with Crippen LogP contribution in [0, 0.1) is 0 Å². The Morgan fingerprint density at radius 1 is 0.792 bits per heavy atom. The van der Waals surface area contributed by atoms with Crippen molar-refractivity contribution in [3.63, 3.8) is 0 Å². The number of hydrogen-bond donors (Lipinski definition) is 8. The van der Waals surface area contributed by atoms with Crippen LogP contribution in [-0.4, -0.2) is 114 Å². The normalized spacial score (nSPS) is 52.6. The Morgan fingerprint density at radius 2 is 1.33 bits per heavy atom. The average molecular weight is 377 g/mol. The molecule has 0 aliphatic carbocycles. The van der Waals surface area contributed by atoms with E-state index in [1.165, 1.54) is 0 Å². The highest BCUT2D eigenvalue weighted by atomic mass is 35.5. The molecule has 24 heavy (non-hydrogen) atoms. The molecule has 0 amide bonds. The zero-order valence-electron chi connectivity index (χ0n) is 12.3. The van der Waals surface area contributed by atoms with Crippen LogP contribution in [0.15, 0.2) is 0 Å². The molecule has 0 spiro atoms. The Bertz CT molecular complexity index is 439. The maximum atomic E-state index is 10.1. The van der Waals surface area contributed by atoms with Crippen molar-refractivity contribution in [1.82, 2.24) is 0 Å². The number of ether oxygens (including phenoxy) is 3. The van der Waals surface area contributed by atoms with Gasteiger partial charge >= 0.3 is 0 Å². The van der Waals surface area contributed by atoms with Crippen molar-refractivity contribution in [2.24, 2.45) is 0 Å². The molecule has 0 aromatic heterocycles. The average Bonchev–Trinajstić information content (AvgIpc) is 2.81. The first-order chi connectivity index (χ1) is 11.2. The van der Waals surface area contributed by atoms with Gasteiger partial charge in [0.15, 0.2) is 6.10 Å². The zero-order chi connectivity index (χ0) is 18.3. The van der Waals surface area contributed by atoms with Crippen LogP contribution in [0.3, 0.4) is 0 Å². The fourth-order valence-corrected chi connectivity index (χ4v) is 3.05. The predicted molar refractivity (Wildman–Crippen MR) is 73.4 cm³/mol. The fraction of sp³-hybridized carbons (Fsp3) is 1.00. The van der Waals surface area contributed by atoms with Crippen molar-refractivity contribution in [1.29, 1.82) is 0 Å². The quantitative estimate of drug-likeness (QED) is 0.215. The topological polar surface area (TPSA) is 190 Å². The first-order valence-corrected chi connectivity index (χ1v) is 7.51. The summed E-state index contributed by atoms with van der Waals surface area (Å²) in [4.78, 5) is 0. The van der Waals surface area contributed by atoms with Crippen molar-refractivity contribution in [3.8, 4) is 0 Å². The van der Waals surface area contributed by atoms with E-state index >= 15 is 0 Å². The van der Waals surface area contributed by atoms with Gasteiger partial charge in [-0.15, -0.1) is 0 Å². The molecule has 8 N–H and O–H groups in total. The second-order valence-corrected chi connectivity index (χ2v) is 6.22. The molecule has 0 saturated carbocycles. The van der Waals surface area contributed by atoms with E-state index < -0.39 is 73.6 Å². The van der Waals surface area contributed by atoms with Crippen LogP contribution in [0.1, 0.15) is 0 Å². The monoisotopic (exact) mass is 376 g/mol. The van der Waals surface area contributed by atoms with Gasteiger partial charge in [0, 0.05) is 0 Å². The van der Waals surface area contributed by atoms with Crippen molar-refractivity contribution >= 4 is 11.6 Å². The number of aliphatic hydroxyl groups is 8. The summed E-state index contributed by atoms with van der Waals surface area (Å²) in [5.74, 6) is -2.39. The van der Waals surface area contributed by atoms with E-state index in [0.717, 1.165) is 0 Å². The largest absolute Gasteiger partial charge is 0.394 e. The van der Waals surface area contributed by atoms with Crippen molar-refractivity contribution < 1.29 is 55.1 Å². The summed E-state index contributed by atoms with van der Waals surface area (Å²) in [6, 6.07) is 0. The highest BCUT2D eigenvalue weighted by Crippen LogP contribution is 2.42. The van der Waals surface area contributed by atoms with Gasteiger partial charge in [-0.3, -0.25) is 4.74 Å². The van der Waals surface area contributed by atoms with Gasteiger partial charge < -0.3 is 50.3 Å². The van der Waals surface area contributed by atoms with Crippen LogP contribution in [0.5, 0.6) is 0 Å². The molecule has 2 aliphatic heterocycles.